The summed E-state index contributed by atoms with van der Waals surface area (Å²) in [5.74, 6) is 2.47. The summed E-state index contributed by atoms with van der Waals surface area (Å²) in [6, 6.07) is 13.4. The molecular weight excluding hydrogens is 506 g/mol. The van der Waals surface area contributed by atoms with Crippen molar-refractivity contribution in [3.05, 3.63) is 68.3 Å². The molecule has 0 saturated carbocycles. The quantitative estimate of drug-likeness (QED) is 0.404. The predicted octanol–water partition coefficient (Wildman–Crippen LogP) is 5.07. The molecule has 0 fully saturated rings. The number of methoxy groups -OCH3 is 1. The summed E-state index contributed by atoms with van der Waals surface area (Å²) in [5, 5.41) is 16.0. The highest BCUT2D eigenvalue weighted by molar-refractivity contribution is 9.10. The van der Waals surface area contributed by atoms with Crippen molar-refractivity contribution >= 4 is 39.7 Å². The van der Waals surface area contributed by atoms with Crippen LogP contribution in [0, 0.1) is 0 Å². The van der Waals surface area contributed by atoms with E-state index in [1.807, 2.05) is 18.2 Å². The Balaban J connectivity index is 0.00000272. The molecular formula is C22H23BrClNO5S. The minimum atomic E-state index is -0.816. The highest BCUT2D eigenvalue weighted by Gasteiger charge is 2.19. The van der Waals surface area contributed by atoms with E-state index in [-0.39, 0.29) is 25.8 Å². The van der Waals surface area contributed by atoms with Gasteiger partial charge in [0.1, 0.15) is 12.7 Å². The van der Waals surface area contributed by atoms with Crippen molar-refractivity contribution < 1.29 is 24.1 Å². The number of aliphatic hydroxyl groups is 1. The van der Waals surface area contributed by atoms with Gasteiger partial charge in [0.2, 0.25) is 6.79 Å². The van der Waals surface area contributed by atoms with Crippen molar-refractivity contribution in [2.24, 2.45) is 0 Å². The Morgan fingerprint density at radius 1 is 1.16 bits per heavy atom. The fourth-order valence-electron chi connectivity index (χ4n) is 3.14. The van der Waals surface area contributed by atoms with E-state index in [0.717, 1.165) is 16.6 Å². The molecule has 1 unspecified atom stereocenters. The number of fused-ring (bicyclic) bond motifs is 1. The third kappa shape index (κ3) is 5.84. The minimum absolute atomic E-state index is 0. The molecule has 0 radical (unpaired) electrons. The van der Waals surface area contributed by atoms with Crippen LogP contribution < -0.4 is 24.3 Å². The Hall–Kier alpha value is -1.97. The van der Waals surface area contributed by atoms with Crippen LogP contribution in [0.4, 0.5) is 0 Å². The molecule has 1 aromatic heterocycles. The third-order valence-corrected chi connectivity index (χ3v) is 6.13. The minimum Gasteiger partial charge on any atom is -0.493 e. The molecule has 0 bridgehead atoms. The van der Waals surface area contributed by atoms with Gasteiger partial charge in [-0.3, -0.25) is 0 Å². The van der Waals surface area contributed by atoms with Crippen LogP contribution in [0.15, 0.2) is 52.3 Å². The summed E-state index contributed by atoms with van der Waals surface area (Å²) in [5.41, 5.74) is 1.77. The van der Waals surface area contributed by atoms with Gasteiger partial charge in [0.05, 0.1) is 11.6 Å². The number of thiophene rings is 1. The molecule has 0 aliphatic carbocycles. The lowest BCUT2D eigenvalue weighted by Gasteiger charge is -2.17. The smallest absolute Gasteiger partial charge is 0.231 e. The van der Waals surface area contributed by atoms with Gasteiger partial charge in [-0.15, -0.1) is 23.7 Å². The molecule has 3 aromatic rings. The molecule has 0 saturated heterocycles. The number of benzene rings is 2. The zero-order chi connectivity index (χ0) is 20.9. The first-order chi connectivity index (χ1) is 14.6. The van der Waals surface area contributed by atoms with Gasteiger partial charge in [-0.05, 0) is 62.8 Å². The topological polar surface area (TPSA) is 69.2 Å². The van der Waals surface area contributed by atoms with E-state index >= 15 is 0 Å². The molecule has 166 valence electrons. The molecule has 0 amide bonds. The molecule has 31 heavy (non-hydrogen) atoms. The van der Waals surface area contributed by atoms with Gasteiger partial charge in [-0.2, -0.15) is 0 Å². The first kappa shape index (κ1) is 23.7. The lowest BCUT2D eigenvalue weighted by Crippen LogP contribution is -2.13. The van der Waals surface area contributed by atoms with Crippen molar-refractivity contribution in [2.45, 2.75) is 19.2 Å². The molecule has 0 spiro atoms. The monoisotopic (exact) mass is 527 g/mol. The highest BCUT2D eigenvalue weighted by atomic mass is 79.9. The molecule has 2 N–H and O–H groups in total. The van der Waals surface area contributed by atoms with E-state index in [0.29, 0.717) is 35.1 Å². The van der Waals surface area contributed by atoms with Gasteiger partial charge in [-0.25, -0.2) is 0 Å². The summed E-state index contributed by atoms with van der Waals surface area (Å²) >= 11 is 5.30. The number of nitrogens with one attached hydrogen (secondary N) is 1. The van der Waals surface area contributed by atoms with Crippen molar-refractivity contribution in [3.8, 4) is 23.0 Å². The van der Waals surface area contributed by atoms with Crippen molar-refractivity contribution in [1.29, 1.82) is 0 Å². The molecule has 2 heterocycles. The summed E-state index contributed by atoms with van der Waals surface area (Å²) < 4.78 is 22.9. The first-order valence-electron chi connectivity index (χ1n) is 9.44. The Bertz CT molecular complexity index is 1000. The molecule has 1 aliphatic heterocycles. The van der Waals surface area contributed by atoms with Crippen LogP contribution in [0.2, 0.25) is 0 Å². The van der Waals surface area contributed by atoms with Gasteiger partial charge in [0, 0.05) is 18.0 Å². The second kappa shape index (κ2) is 11.1. The number of hydrogen-bond acceptors (Lipinski definition) is 7. The van der Waals surface area contributed by atoms with Crippen LogP contribution in [0.3, 0.4) is 0 Å². The Labute approximate surface area is 199 Å². The van der Waals surface area contributed by atoms with Crippen molar-refractivity contribution in [3.63, 3.8) is 0 Å². The van der Waals surface area contributed by atoms with Crippen molar-refractivity contribution in [2.75, 3.05) is 20.5 Å². The average Bonchev–Trinajstić information content (AvgIpc) is 3.43. The van der Waals surface area contributed by atoms with Crippen molar-refractivity contribution in [1.82, 2.24) is 5.32 Å². The summed E-state index contributed by atoms with van der Waals surface area (Å²) in [6.07, 6.45) is -0.816. The summed E-state index contributed by atoms with van der Waals surface area (Å²) in [4.78, 5) is 1.29. The summed E-state index contributed by atoms with van der Waals surface area (Å²) in [6.45, 7) is 1.79. The maximum Gasteiger partial charge on any atom is 0.231 e. The molecule has 6 nitrogen and oxygen atoms in total. The lowest BCUT2D eigenvalue weighted by molar-refractivity contribution is 0.105. The standard InChI is InChI=1S/C22H22BrNO5S.ClH/c1-26-21-8-14(10-24-11-16-3-2-6-30-16)7-17(23)22(21)27-12-18(25)15-4-5-19-20(9-15)29-13-28-19;/h2-9,18,24-25H,10-13H2,1H3;1H. The van der Waals surface area contributed by atoms with E-state index in [1.165, 1.54) is 4.88 Å². The molecule has 1 aliphatic rings. The molecule has 2 aromatic carbocycles. The first-order valence-corrected chi connectivity index (χ1v) is 11.1. The SMILES string of the molecule is COc1cc(CNCc2cccs2)cc(Br)c1OCC(O)c1ccc2c(c1)OCO2.Cl. The summed E-state index contributed by atoms with van der Waals surface area (Å²) in [7, 11) is 1.60. The van der Waals surface area contributed by atoms with Crippen LogP contribution in [-0.4, -0.2) is 25.6 Å². The van der Waals surface area contributed by atoms with Crippen LogP contribution in [0.1, 0.15) is 22.1 Å². The number of halogens is 2. The van der Waals surface area contributed by atoms with E-state index in [2.05, 4.69) is 32.7 Å². The Kier molecular flexibility index (Phi) is 8.45. The maximum atomic E-state index is 10.5. The van der Waals surface area contributed by atoms with Crippen LogP contribution in [0.5, 0.6) is 23.0 Å². The predicted molar refractivity (Wildman–Crippen MR) is 126 cm³/mol. The Morgan fingerprint density at radius 3 is 2.77 bits per heavy atom. The fraction of sp³-hybridized carbons (Fsp3) is 0.273. The zero-order valence-electron chi connectivity index (χ0n) is 16.8. The van der Waals surface area contributed by atoms with Gasteiger partial charge < -0.3 is 29.4 Å². The molecule has 4 rings (SSSR count). The molecule has 1 atom stereocenters. The number of hydrogen-bond donors (Lipinski definition) is 2. The normalized spacial score (nSPS) is 12.9. The van der Waals surface area contributed by atoms with E-state index < -0.39 is 6.10 Å². The van der Waals surface area contributed by atoms with E-state index in [4.69, 9.17) is 18.9 Å². The van der Waals surface area contributed by atoms with E-state index in [9.17, 15) is 5.11 Å². The average molecular weight is 529 g/mol. The van der Waals surface area contributed by atoms with E-state index in [1.54, 1.807) is 36.6 Å². The highest BCUT2D eigenvalue weighted by Crippen LogP contribution is 2.38. The largest absolute Gasteiger partial charge is 0.493 e. The van der Waals surface area contributed by atoms with Crippen LogP contribution in [0.25, 0.3) is 0 Å². The lowest BCUT2D eigenvalue weighted by atomic mass is 10.1. The van der Waals surface area contributed by atoms with Gasteiger partial charge in [-0.1, -0.05) is 12.1 Å². The van der Waals surface area contributed by atoms with Crippen LogP contribution >= 0.6 is 39.7 Å². The zero-order valence-corrected chi connectivity index (χ0v) is 20.0. The van der Waals surface area contributed by atoms with Gasteiger partial charge in [0.15, 0.2) is 23.0 Å². The number of ether oxygens (including phenoxy) is 4. The number of aliphatic hydroxyl groups excluding tert-OH is 1. The van der Waals surface area contributed by atoms with Gasteiger partial charge in [0.25, 0.3) is 0 Å². The Morgan fingerprint density at radius 2 is 2.00 bits per heavy atom. The third-order valence-electron chi connectivity index (χ3n) is 4.66. The second-order valence-corrected chi connectivity index (χ2v) is 8.62. The molecule has 9 heteroatoms. The van der Waals surface area contributed by atoms with Crippen LogP contribution in [-0.2, 0) is 13.1 Å². The second-order valence-electron chi connectivity index (χ2n) is 6.73. The fourth-order valence-corrected chi connectivity index (χ4v) is 4.42. The maximum absolute atomic E-state index is 10.5. The number of rotatable bonds is 9. The van der Waals surface area contributed by atoms with Gasteiger partial charge >= 0.3 is 0 Å².